The molecule has 1 heterocycles. The van der Waals surface area contributed by atoms with Crippen LogP contribution in [0.1, 0.15) is 12.8 Å². The number of rotatable bonds is 5. The highest BCUT2D eigenvalue weighted by Gasteiger charge is 2.32. The van der Waals surface area contributed by atoms with Crippen LogP contribution in [0, 0.1) is 0 Å². The maximum Gasteiger partial charge on any atom is 0.323 e. The van der Waals surface area contributed by atoms with Crippen molar-refractivity contribution in [1.82, 2.24) is 4.90 Å². The van der Waals surface area contributed by atoms with Crippen LogP contribution in [-0.2, 0) is 9.59 Å². The van der Waals surface area contributed by atoms with Crippen LogP contribution >= 0.6 is 35.6 Å². The third-order valence-electron chi connectivity index (χ3n) is 1.83. The number of carbonyl (C=O) groups is 2. The molecule has 0 spiro atoms. The molecule has 7 heteroatoms. The van der Waals surface area contributed by atoms with Gasteiger partial charge in [0.05, 0.1) is 4.91 Å². The van der Waals surface area contributed by atoms with Crippen LogP contribution in [0.25, 0.3) is 0 Å². The van der Waals surface area contributed by atoms with Crippen LogP contribution in [0.3, 0.4) is 0 Å². The molecule has 1 saturated heterocycles. The number of alkyl halides is 1. The van der Waals surface area contributed by atoms with E-state index in [1.54, 1.807) is 6.08 Å². The third kappa shape index (κ3) is 3.47. The fourth-order valence-electron chi connectivity index (χ4n) is 1.12. The molecule has 4 nitrogen and oxygen atoms in total. The van der Waals surface area contributed by atoms with Gasteiger partial charge in [0.25, 0.3) is 5.91 Å². The Morgan fingerprint density at radius 2 is 2.31 bits per heavy atom. The monoisotopic (exact) mass is 279 g/mol. The van der Waals surface area contributed by atoms with Crippen molar-refractivity contribution in [2.75, 3.05) is 12.4 Å². The summed E-state index contributed by atoms with van der Waals surface area (Å²) in [5.74, 6) is -0.864. The molecule has 1 rings (SSSR count). The number of carbonyl (C=O) groups excluding carboxylic acids is 1. The lowest BCUT2D eigenvalue weighted by Gasteiger charge is -2.10. The SMILES string of the molecule is O=C(O)CN1C(=O)/C(=C/CCCCl)SC1=S. The van der Waals surface area contributed by atoms with E-state index >= 15 is 0 Å². The summed E-state index contributed by atoms with van der Waals surface area (Å²) in [5, 5.41) is 8.61. The van der Waals surface area contributed by atoms with E-state index < -0.39 is 5.97 Å². The van der Waals surface area contributed by atoms with Crippen molar-refractivity contribution in [3.8, 4) is 0 Å². The second-order valence-corrected chi connectivity index (χ2v) is 5.11. The number of hydrogen-bond acceptors (Lipinski definition) is 4. The minimum atomic E-state index is -1.07. The second kappa shape index (κ2) is 6.22. The Kier molecular flexibility index (Phi) is 5.24. The molecule has 0 aromatic carbocycles. The first-order chi connectivity index (χ1) is 7.56. The molecule has 0 aromatic rings. The van der Waals surface area contributed by atoms with Crippen LogP contribution in [0.15, 0.2) is 11.0 Å². The molecular weight excluding hydrogens is 270 g/mol. The highest BCUT2D eigenvalue weighted by atomic mass is 35.5. The van der Waals surface area contributed by atoms with Gasteiger partial charge < -0.3 is 5.11 Å². The first-order valence-electron chi connectivity index (χ1n) is 4.58. The Morgan fingerprint density at radius 1 is 1.62 bits per heavy atom. The van der Waals surface area contributed by atoms with E-state index in [4.69, 9.17) is 28.9 Å². The molecule has 0 atom stereocenters. The van der Waals surface area contributed by atoms with Crippen LogP contribution < -0.4 is 0 Å². The third-order valence-corrected chi connectivity index (χ3v) is 3.53. The molecular formula is C9H10ClNO3S2. The zero-order chi connectivity index (χ0) is 12.1. The zero-order valence-corrected chi connectivity index (χ0v) is 10.7. The molecule has 1 fully saturated rings. The van der Waals surface area contributed by atoms with Gasteiger partial charge in [-0.25, -0.2) is 0 Å². The van der Waals surface area contributed by atoms with Gasteiger partial charge in [-0.2, -0.15) is 0 Å². The van der Waals surface area contributed by atoms with Crippen LogP contribution in [0.5, 0.6) is 0 Å². The number of unbranched alkanes of at least 4 members (excludes halogenated alkanes) is 1. The highest BCUT2D eigenvalue weighted by molar-refractivity contribution is 8.26. The Bertz CT molecular complexity index is 357. The summed E-state index contributed by atoms with van der Waals surface area (Å²) in [4.78, 5) is 23.8. The first-order valence-corrected chi connectivity index (χ1v) is 6.33. The smallest absolute Gasteiger partial charge is 0.323 e. The van der Waals surface area contributed by atoms with Gasteiger partial charge in [0.1, 0.15) is 10.9 Å². The van der Waals surface area contributed by atoms with Crippen LogP contribution in [-0.4, -0.2) is 38.6 Å². The number of thiocarbonyl (C=S) groups is 1. The molecule has 1 aliphatic heterocycles. The molecule has 0 aromatic heterocycles. The summed E-state index contributed by atoms with van der Waals surface area (Å²) in [5.41, 5.74) is 0. The Balaban J connectivity index is 2.66. The van der Waals surface area contributed by atoms with E-state index in [-0.39, 0.29) is 12.5 Å². The predicted molar refractivity (Wildman–Crippen MR) is 67.6 cm³/mol. The minimum absolute atomic E-state index is 0.296. The van der Waals surface area contributed by atoms with Crippen molar-refractivity contribution in [3.63, 3.8) is 0 Å². The second-order valence-electron chi connectivity index (χ2n) is 3.05. The summed E-state index contributed by atoms with van der Waals surface area (Å²) in [7, 11) is 0. The quantitative estimate of drug-likeness (QED) is 0.360. The Hall–Kier alpha value is -0.590. The lowest BCUT2D eigenvalue weighted by molar-refractivity contribution is -0.140. The molecule has 0 aliphatic carbocycles. The van der Waals surface area contributed by atoms with Gasteiger partial charge in [0.2, 0.25) is 0 Å². The first kappa shape index (κ1) is 13.5. The normalized spacial score (nSPS) is 18.6. The maximum absolute atomic E-state index is 11.7. The average Bonchev–Trinajstić information content (AvgIpc) is 2.46. The molecule has 0 unspecified atom stereocenters. The van der Waals surface area contributed by atoms with Gasteiger partial charge in [-0.3, -0.25) is 14.5 Å². The van der Waals surface area contributed by atoms with E-state index in [0.29, 0.717) is 21.5 Å². The van der Waals surface area contributed by atoms with E-state index in [0.717, 1.165) is 23.1 Å². The van der Waals surface area contributed by atoms with Gasteiger partial charge in [0.15, 0.2) is 0 Å². The largest absolute Gasteiger partial charge is 0.480 e. The molecule has 0 saturated carbocycles. The molecule has 1 N–H and O–H groups in total. The summed E-state index contributed by atoms with van der Waals surface area (Å²) >= 11 is 11.6. The van der Waals surface area contributed by atoms with E-state index in [1.165, 1.54) is 0 Å². The van der Waals surface area contributed by atoms with Crippen molar-refractivity contribution in [2.24, 2.45) is 0 Å². The number of carboxylic acids is 1. The lowest BCUT2D eigenvalue weighted by Crippen LogP contribution is -2.33. The van der Waals surface area contributed by atoms with Gasteiger partial charge in [-0.15, -0.1) is 11.6 Å². The number of nitrogens with zero attached hydrogens (tertiary/aromatic N) is 1. The van der Waals surface area contributed by atoms with Crippen LogP contribution in [0.2, 0.25) is 0 Å². The van der Waals surface area contributed by atoms with Crippen molar-refractivity contribution < 1.29 is 14.7 Å². The number of hydrogen-bond donors (Lipinski definition) is 1. The number of aliphatic carboxylic acids is 1. The fourth-order valence-corrected chi connectivity index (χ4v) is 2.54. The topological polar surface area (TPSA) is 57.6 Å². The predicted octanol–water partition coefficient (Wildman–Crippen LogP) is 1.83. The molecule has 0 bridgehead atoms. The van der Waals surface area contributed by atoms with Crippen molar-refractivity contribution in [3.05, 3.63) is 11.0 Å². The lowest BCUT2D eigenvalue weighted by atomic mass is 10.3. The maximum atomic E-state index is 11.7. The highest BCUT2D eigenvalue weighted by Crippen LogP contribution is 2.31. The van der Waals surface area contributed by atoms with E-state index in [2.05, 4.69) is 0 Å². The number of carboxylic acid groups (broad SMARTS) is 1. The Morgan fingerprint density at radius 3 is 2.88 bits per heavy atom. The summed E-state index contributed by atoms with van der Waals surface area (Å²) < 4.78 is 0.296. The van der Waals surface area contributed by atoms with E-state index in [1.807, 2.05) is 0 Å². The van der Waals surface area contributed by atoms with Gasteiger partial charge in [0, 0.05) is 5.88 Å². The van der Waals surface area contributed by atoms with Crippen LogP contribution in [0.4, 0.5) is 0 Å². The molecule has 1 aliphatic rings. The summed E-state index contributed by atoms with van der Waals surface area (Å²) in [6.45, 7) is -0.377. The molecule has 16 heavy (non-hydrogen) atoms. The van der Waals surface area contributed by atoms with Gasteiger partial charge >= 0.3 is 5.97 Å². The fraction of sp³-hybridized carbons (Fsp3) is 0.444. The summed E-state index contributed by atoms with van der Waals surface area (Å²) in [6, 6.07) is 0. The van der Waals surface area contributed by atoms with Gasteiger partial charge in [-0.05, 0) is 12.8 Å². The zero-order valence-electron chi connectivity index (χ0n) is 8.31. The van der Waals surface area contributed by atoms with Crippen molar-refractivity contribution in [2.45, 2.75) is 12.8 Å². The number of amides is 1. The molecule has 88 valence electrons. The summed E-state index contributed by atoms with van der Waals surface area (Å²) in [6.07, 6.45) is 3.23. The van der Waals surface area contributed by atoms with Gasteiger partial charge in [-0.1, -0.05) is 30.1 Å². The molecule has 0 radical (unpaired) electrons. The van der Waals surface area contributed by atoms with E-state index in [9.17, 15) is 9.59 Å². The standard InChI is InChI=1S/C9H10ClNO3S2/c10-4-2-1-3-6-8(14)11(5-7(12)13)9(15)16-6/h3H,1-2,4-5H2,(H,12,13)/b6-3-. The number of thioether (sulfide) groups is 1. The minimum Gasteiger partial charge on any atom is -0.480 e. The molecule has 1 amide bonds. The average molecular weight is 280 g/mol. The van der Waals surface area contributed by atoms with Crippen molar-refractivity contribution >= 4 is 51.8 Å². The van der Waals surface area contributed by atoms with Crippen molar-refractivity contribution in [1.29, 1.82) is 0 Å². The number of allylic oxidation sites excluding steroid dienone is 1. The number of halogens is 1. The Labute approximate surface area is 108 Å².